The molecule has 2 rings (SSSR count). The number of aromatic nitrogens is 1. The first kappa shape index (κ1) is 13.6. The standard InChI is InChI=1S/C13H13BrN2O3/c1-3-18-12(17)11-7-19-13(16-11)15-10-5-4-8(2)6-9(10)14/h4-7H,3H2,1-2H3,(H,15,16). The Bertz CT molecular complexity index is 595. The maximum atomic E-state index is 11.4. The van der Waals surface area contributed by atoms with Crippen molar-refractivity contribution < 1.29 is 13.9 Å². The number of ether oxygens (including phenoxy) is 1. The van der Waals surface area contributed by atoms with Gasteiger partial charge >= 0.3 is 5.97 Å². The number of carbonyl (C=O) groups is 1. The summed E-state index contributed by atoms with van der Waals surface area (Å²) in [7, 11) is 0. The lowest BCUT2D eigenvalue weighted by molar-refractivity contribution is 0.0519. The van der Waals surface area contributed by atoms with Crippen molar-refractivity contribution in [1.29, 1.82) is 0 Å². The van der Waals surface area contributed by atoms with E-state index in [4.69, 9.17) is 9.15 Å². The summed E-state index contributed by atoms with van der Waals surface area (Å²) in [6.07, 6.45) is 1.27. The average Bonchev–Trinajstić information content (AvgIpc) is 2.82. The molecule has 2 aromatic rings. The SMILES string of the molecule is CCOC(=O)c1coc(Nc2ccc(C)cc2Br)n1. The maximum absolute atomic E-state index is 11.4. The van der Waals surface area contributed by atoms with Crippen molar-refractivity contribution >= 4 is 33.6 Å². The van der Waals surface area contributed by atoms with Crippen LogP contribution in [0.5, 0.6) is 0 Å². The van der Waals surface area contributed by atoms with E-state index < -0.39 is 5.97 Å². The minimum Gasteiger partial charge on any atom is -0.461 e. The number of oxazole rings is 1. The molecule has 0 amide bonds. The Labute approximate surface area is 119 Å². The van der Waals surface area contributed by atoms with E-state index in [0.717, 1.165) is 15.7 Å². The van der Waals surface area contributed by atoms with Crippen LogP contribution in [0, 0.1) is 6.92 Å². The average molecular weight is 325 g/mol. The zero-order valence-electron chi connectivity index (χ0n) is 10.6. The maximum Gasteiger partial charge on any atom is 0.360 e. The number of nitrogens with zero attached hydrogens (tertiary/aromatic N) is 1. The number of aryl methyl sites for hydroxylation is 1. The Morgan fingerprint density at radius 1 is 1.53 bits per heavy atom. The minimum atomic E-state index is -0.498. The molecule has 100 valence electrons. The number of nitrogens with one attached hydrogen (secondary N) is 1. The number of hydrogen-bond acceptors (Lipinski definition) is 5. The fourth-order valence-electron chi connectivity index (χ4n) is 1.47. The van der Waals surface area contributed by atoms with Crippen LogP contribution in [0.1, 0.15) is 23.0 Å². The quantitative estimate of drug-likeness (QED) is 0.869. The van der Waals surface area contributed by atoms with Crippen molar-refractivity contribution in [1.82, 2.24) is 4.98 Å². The van der Waals surface area contributed by atoms with Gasteiger partial charge in [0.05, 0.1) is 12.3 Å². The summed E-state index contributed by atoms with van der Waals surface area (Å²) in [5, 5.41) is 2.98. The third-order valence-electron chi connectivity index (χ3n) is 2.35. The third-order valence-corrected chi connectivity index (χ3v) is 3.01. The van der Waals surface area contributed by atoms with Gasteiger partial charge in [-0.05, 0) is 47.5 Å². The second kappa shape index (κ2) is 5.88. The summed E-state index contributed by atoms with van der Waals surface area (Å²) in [6.45, 7) is 4.04. The van der Waals surface area contributed by atoms with Crippen LogP contribution in [0.3, 0.4) is 0 Å². The first-order valence-corrected chi connectivity index (χ1v) is 6.55. The van der Waals surface area contributed by atoms with Crippen LogP contribution >= 0.6 is 15.9 Å². The molecule has 0 saturated carbocycles. The Balaban J connectivity index is 2.13. The zero-order chi connectivity index (χ0) is 13.8. The van der Waals surface area contributed by atoms with Crippen LogP contribution in [-0.2, 0) is 4.74 Å². The summed E-state index contributed by atoms with van der Waals surface area (Å²) < 4.78 is 10.9. The number of hydrogen-bond donors (Lipinski definition) is 1. The Morgan fingerprint density at radius 2 is 2.32 bits per heavy atom. The van der Waals surface area contributed by atoms with Gasteiger partial charge in [0.25, 0.3) is 6.01 Å². The smallest absolute Gasteiger partial charge is 0.360 e. The number of carbonyl (C=O) groups excluding carboxylic acids is 1. The van der Waals surface area contributed by atoms with Gasteiger partial charge < -0.3 is 14.5 Å². The van der Waals surface area contributed by atoms with Crippen LogP contribution < -0.4 is 5.32 Å². The lowest BCUT2D eigenvalue weighted by atomic mass is 10.2. The fourth-order valence-corrected chi connectivity index (χ4v) is 2.06. The van der Waals surface area contributed by atoms with Gasteiger partial charge in [-0.25, -0.2) is 4.79 Å². The van der Waals surface area contributed by atoms with Crippen LogP contribution in [-0.4, -0.2) is 17.6 Å². The lowest BCUT2D eigenvalue weighted by Crippen LogP contribution is -2.05. The van der Waals surface area contributed by atoms with Crippen LogP contribution in [0.25, 0.3) is 0 Å². The topological polar surface area (TPSA) is 64.4 Å². The molecule has 0 aliphatic carbocycles. The van der Waals surface area contributed by atoms with E-state index in [1.54, 1.807) is 6.92 Å². The van der Waals surface area contributed by atoms with Gasteiger partial charge in [0, 0.05) is 4.47 Å². The molecule has 1 aromatic heterocycles. The van der Waals surface area contributed by atoms with Gasteiger partial charge in [-0.2, -0.15) is 4.98 Å². The molecule has 0 spiro atoms. The number of rotatable bonds is 4. The van der Waals surface area contributed by atoms with Crippen molar-refractivity contribution in [2.24, 2.45) is 0 Å². The molecule has 1 N–H and O–H groups in total. The van der Waals surface area contributed by atoms with Crippen molar-refractivity contribution in [3.8, 4) is 0 Å². The van der Waals surface area contributed by atoms with Crippen LogP contribution in [0.15, 0.2) is 33.4 Å². The first-order chi connectivity index (χ1) is 9.10. The molecule has 0 bridgehead atoms. The van der Waals surface area contributed by atoms with Gasteiger partial charge in [0.1, 0.15) is 6.26 Å². The predicted molar refractivity (Wildman–Crippen MR) is 74.6 cm³/mol. The molecule has 0 radical (unpaired) electrons. The highest BCUT2D eigenvalue weighted by atomic mass is 79.9. The number of halogens is 1. The second-order valence-corrected chi connectivity index (χ2v) is 4.72. The predicted octanol–water partition coefficient (Wildman–Crippen LogP) is 3.67. The van der Waals surface area contributed by atoms with E-state index in [1.165, 1.54) is 6.26 Å². The molecule has 1 heterocycles. The first-order valence-electron chi connectivity index (χ1n) is 5.76. The largest absolute Gasteiger partial charge is 0.461 e. The molecular weight excluding hydrogens is 312 g/mol. The van der Waals surface area contributed by atoms with E-state index in [1.807, 2.05) is 25.1 Å². The molecule has 0 aliphatic heterocycles. The molecule has 0 aliphatic rings. The van der Waals surface area contributed by atoms with Gasteiger partial charge in [-0.15, -0.1) is 0 Å². The van der Waals surface area contributed by atoms with Crippen LogP contribution in [0.2, 0.25) is 0 Å². The molecular formula is C13H13BrN2O3. The molecule has 1 aromatic carbocycles. The third kappa shape index (κ3) is 3.35. The molecule has 0 saturated heterocycles. The van der Waals surface area contributed by atoms with Crippen LogP contribution in [0.4, 0.5) is 11.7 Å². The number of esters is 1. The van der Waals surface area contributed by atoms with E-state index in [2.05, 4.69) is 26.2 Å². The second-order valence-electron chi connectivity index (χ2n) is 3.87. The van der Waals surface area contributed by atoms with Crippen molar-refractivity contribution in [2.75, 3.05) is 11.9 Å². The van der Waals surface area contributed by atoms with Gasteiger partial charge in [0.15, 0.2) is 5.69 Å². The van der Waals surface area contributed by atoms with E-state index in [9.17, 15) is 4.79 Å². The summed E-state index contributed by atoms with van der Waals surface area (Å²) >= 11 is 3.44. The van der Waals surface area contributed by atoms with E-state index in [-0.39, 0.29) is 11.7 Å². The molecule has 6 heteroatoms. The van der Waals surface area contributed by atoms with E-state index in [0.29, 0.717) is 6.61 Å². The molecule has 0 fully saturated rings. The van der Waals surface area contributed by atoms with Gasteiger partial charge in [-0.1, -0.05) is 6.07 Å². The normalized spacial score (nSPS) is 10.3. The summed E-state index contributed by atoms with van der Waals surface area (Å²) in [5.41, 5.74) is 2.09. The molecule has 0 atom stereocenters. The summed E-state index contributed by atoms with van der Waals surface area (Å²) in [4.78, 5) is 15.5. The van der Waals surface area contributed by atoms with Crippen molar-refractivity contribution in [2.45, 2.75) is 13.8 Å². The van der Waals surface area contributed by atoms with Crippen molar-refractivity contribution in [3.05, 3.63) is 40.2 Å². The highest BCUT2D eigenvalue weighted by Gasteiger charge is 2.13. The Hall–Kier alpha value is -1.82. The molecule has 0 unspecified atom stereocenters. The minimum absolute atomic E-state index is 0.146. The van der Waals surface area contributed by atoms with Gasteiger partial charge in [0.2, 0.25) is 0 Å². The summed E-state index contributed by atoms with van der Waals surface area (Å²) in [6, 6.07) is 6.07. The zero-order valence-corrected chi connectivity index (χ0v) is 12.2. The number of anilines is 2. The number of benzene rings is 1. The monoisotopic (exact) mass is 324 g/mol. The van der Waals surface area contributed by atoms with E-state index >= 15 is 0 Å². The fraction of sp³-hybridized carbons (Fsp3) is 0.231. The lowest BCUT2D eigenvalue weighted by Gasteiger charge is -2.05. The highest BCUT2D eigenvalue weighted by molar-refractivity contribution is 9.10. The van der Waals surface area contributed by atoms with Gasteiger partial charge in [-0.3, -0.25) is 0 Å². The van der Waals surface area contributed by atoms with Crippen molar-refractivity contribution in [3.63, 3.8) is 0 Å². The molecule has 5 nitrogen and oxygen atoms in total. The highest BCUT2D eigenvalue weighted by Crippen LogP contribution is 2.26. The summed E-state index contributed by atoms with van der Waals surface area (Å²) in [5.74, 6) is -0.498. The Morgan fingerprint density at radius 3 is 3.00 bits per heavy atom. The Kier molecular flexibility index (Phi) is 4.21. The molecule has 19 heavy (non-hydrogen) atoms.